The summed E-state index contributed by atoms with van der Waals surface area (Å²) in [6.45, 7) is 1.66. The summed E-state index contributed by atoms with van der Waals surface area (Å²) in [5.74, 6) is 0.626. The molecule has 23 heavy (non-hydrogen) atoms. The Morgan fingerprint density at radius 2 is 2.04 bits per heavy atom. The van der Waals surface area contributed by atoms with E-state index in [1.165, 1.54) is 0 Å². The van der Waals surface area contributed by atoms with Crippen molar-refractivity contribution in [3.63, 3.8) is 0 Å². The van der Waals surface area contributed by atoms with Crippen molar-refractivity contribution in [1.29, 1.82) is 0 Å². The van der Waals surface area contributed by atoms with Gasteiger partial charge in [-0.3, -0.25) is 9.59 Å². The summed E-state index contributed by atoms with van der Waals surface area (Å²) in [5, 5.41) is 2.81. The van der Waals surface area contributed by atoms with Crippen LogP contribution in [0.3, 0.4) is 0 Å². The average Bonchev–Trinajstić information content (AvgIpc) is 3.01. The molecule has 7 nitrogen and oxygen atoms in total. The topological polar surface area (TPSA) is 76.5 Å². The lowest BCUT2D eigenvalue weighted by Crippen LogP contribution is -2.37. The molecule has 0 saturated carbocycles. The van der Waals surface area contributed by atoms with Crippen molar-refractivity contribution in [1.82, 2.24) is 19.8 Å². The lowest BCUT2D eigenvalue weighted by Gasteiger charge is -2.22. The summed E-state index contributed by atoms with van der Waals surface area (Å²) in [5.41, 5.74) is 1.22. The van der Waals surface area contributed by atoms with Gasteiger partial charge in [-0.1, -0.05) is 12.1 Å². The van der Waals surface area contributed by atoms with Crippen LogP contribution in [0.25, 0.3) is 0 Å². The van der Waals surface area contributed by atoms with Crippen LogP contribution in [0.1, 0.15) is 26.7 Å². The highest BCUT2D eigenvalue weighted by Gasteiger charge is 2.25. The summed E-state index contributed by atoms with van der Waals surface area (Å²) < 4.78 is 6.82. The van der Waals surface area contributed by atoms with E-state index in [1.807, 2.05) is 24.3 Å². The third-order valence-corrected chi connectivity index (χ3v) is 3.84. The number of amides is 2. The molecule has 120 valence electrons. The Bertz CT molecular complexity index is 736. The van der Waals surface area contributed by atoms with Crippen LogP contribution in [0.5, 0.6) is 5.75 Å². The summed E-state index contributed by atoms with van der Waals surface area (Å²) in [6.07, 6.45) is 1.63. The van der Waals surface area contributed by atoms with Gasteiger partial charge in [0.1, 0.15) is 11.4 Å². The second-order valence-electron chi connectivity index (χ2n) is 5.40. The fourth-order valence-electron chi connectivity index (χ4n) is 2.41. The third kappa shape index (κ3) is 3.03. The van der Waals surface area contributed by atoms with Gasteiger partial charge in [0.05, 0.1) is 7.11 Å². The molecule has 1 aromatic heterocycles. The number of rotatable bonds is 4. The molecule has 0 fully saturated rings. The molecular weight excluding hydrogens is 296 g/mol. The number of aromatic nitrogens is 2. The molecule has 2 heterocycles. The number of carbonyl (C=O) groups excluding carboxylic acids is 2. The minimum atomic E-state index is -0.293. The maximum atomic E-state index is 12.2. The predicted octanol–water partition coefficient (Wildman–Crippen LogP) is 0.907. The molecule has 0 atom stereocenters. The predicted molar refractivity (Wildman–Crippen MR) is 83.4 cm³/mol. The summed E-state index contributed by atoms with van der Waals surface area (Å²) in [7, 11) is 3.33. The standard InChI is InChI=1S/C16H18N4O3/c1-19-7-8-20-10-13(18-14(20)16(19)22)15(21)17-9-11-3-5-12(23-2)6-4-11/h3-6,10H,7-9H2,1-2H3,(H,17,21). The molecule has 0 unspecified atom stereocenters. The highest BCUT2D eigenvalue weighted by atomic mass is 16.5. The Morgan fingerprint density at radius 3 is 2.74 bits per heavy atom. The van der Waals surface area contributed by atoms with E-state index in [4.69, 9.17) is 4.74 Å². The number of likely N-dealkylation sites (N-methyl/N-ethyl adjacent to an activating group) is 1. The van der Waals surface area contributed by atoms with Gasteiger partial charge in [0.2, 0.25) is 0 Å². The van der Waals surface area contributed by atoms with Crippen LogP contribution in [0.4, 0.5) is 0 Å². The highest BCUT2D eigenvalue weighted by molar-refractivity contribution is 5.96. The van der Waals surface area contributed by atoms with Crippen molar-refractivity contribution in [2.45, 2.75) is 13.1 Å². The van der Waals surface area contributed by atoms with E-state index in [0.29, 0.717) is 25.5 Å². The Morgan fingerprint density at radius 1 is 1.30 bits per heavy atom. The number of nitrogens with one attached hydrogen (secondary N) is 1. The van der Waals surface area contributed by atoms with Gasteiger partial charge in [0.25, 0.3) is 11.8 Å². The molecule has 3 rings (SSSR count). The molecule has 0 saturated heterocycles. The van der Waals surface area contributed by atoms with Crippen LogP contribution in [-0.4, -0.2) is 47.0 Å². The zero-order valence-electron chi connectivity index (χ0n) is 13.1. The first-order valence-electron chi connectivity index (χ1n) is 7.32. The number of imidazole rings is 1. The van der Waals surface area contributed by atoms with E-state index >= 15 is 0 Å². The first-order chi connectivity index (χ1) is 11.1. The smallest absolute Gasteiger partial charge is 0.289 e. The lowest BCUT2D eigenvalue weighted by atomic mass is 10.2. The van der Waals surface area contributed by atoms with Gasteiger partial charge in [-0.05, 0) is 17.7 Å². The van der Waals surface area contributed by atoms with E-state index in [0.717, 1.165) is 11.3 Å². The lowest BCUT2D eigenvalue weighted by molar-refractivity contribution is 0.0741. The maximum absolute atomic E-state index is 12.2. The molecule has 1 aromatic carbocycles. The molecule has 0 bridgehead atoms. The van der Waals surface area contributed by atoms with Crippen molar-refractivity contribution < 1.29 is 14.3 Å². The zero-order chi connectivity index (χ0) is 16.4. The number of hydrogen-bond donors (Lipinski definition) is 1. The molecule has 1 N–H and O–H groups in total. The first-order valence-corrected chi connectivity index (χ1v) is 7.32. The van der Waals surface area contributed by atoms with Gasteiger partial charge >= 0.3 is 0 Å². The van der Waals surface area contributed by atoms with E-state index in [1.54, 1.807) is 29.8 Å². The largest absolute Gasteiger partial charge is 0.497 e. The van der Waals surface area contributed by atoms with Crippen molar-refractivity contribution in [2.24, 2.45) is 0 Å². The van der Waals surface area contributed by atoms with E-state index in [9.17, 15) is 9.59 Å². The van der Waals surface area contributed by atoms with Crippen LogP contribution < -0.4 is 10.1 Å². The van der Waals surface area contributed by atoms with E-state index < -0.39 is 0 Å². The number of methoxy groups -OCH3 is 1. The second-order valence-corrected chi connectivity index (χ2v) is 5.40. The van der Waals surface area contributed by atoms with Gasteiger partial charge in [-0.25, -0.2) is 4.98 Å². The first kappa shape index (κ1) is 15.1. The number of nitrogens with zero attached hydrogens (tertiary/aromatic N) is 3. The van der Waals surface area contributed by atoms with Crippen LogP contribution in [0.15, 0.2) is 30.5 Å². The van der Waals surface area contributed by atoms with Gasteiger partial charge in [-0.15, -0.1) is 0 Å². The molecule has 2 aromatic rings. The van der Waals surface area contributed by atoms with Gasteiger partial charge < -0.3 is 19.5 Å². The summed E-state index contributed by atoms with van der Waals surface area (Å²) >= 11 is 0. The van der Waals surface area contributed by atoms with Crippen molar-refractivity contribution >= 4 is 11.8 Å². The number of hydrogen-bond acceptors (Lipinski definition) is 4. The molecule has 0 aliphatic carbocycles. The summed E-state index contributed by atoms with van der Waals surface area (Å²) in [4.78, 5) is 30.0. The number of ether oxygens (including phenoxy) is 1. The van der Waals surface area contributed by atoms with Gasteiger partial charge in [-0.2, -0.15) is 0 Å². The molecule has 1 aliphatic heterocycles. The third-order valence-electron chi connectivity index (χ3n) is 3.84. The van der Waals surface area contributed by atoms with Gasteiger partial charge in [0, 0.05) is 32.9 Å². The Labute approximate surface area is 133 Å². The Kier molecular flexibility index (Phi) is 4.01. The SMILES string of the molecule is COc1ccc(CNC(=O)c2cn3c(n2)C(=O)N(C)CC3)cc1. The average molecular weight is 314 g/mol. The summed E-state index contributed by atoms with van der Waals surface area (Å²) in [6, 6.07) is 7.45. The Balaban J connectivity index is 1.67. The minimum Gasteiger partial charge on any atom is -0.497 e. The van der Waals surface area contributed by atoms with Crippen molar-refractivity contribution in [3.8, 4) is 5.75 Å². The van der Waals surface area contributed by atoms with E-state index in [2.05, 4.69) is 10.3 Å². The molecule has 1 aliphatic rings. The molecule has 0 radical (unpaired) electrons. The fraction of sp³-hybridized carbons (Fsp3) is 0.312. The zero-order valence-corrected chi connectivity index (χ0v) is 13.1. The number of carbonyl (C=O) groups is 2. The van der Waals surface area contributed by atoms with Crippen LogP contribution in [0, 0.1) is 0 Å². The quantitative estimate of drug-likeness (QED) is 0.910. The number of benzene rings is 1. The Hall–Kier alpha value is -2.83. The van der Waals surface area contributed by atoms with Crippen LogP contribution in [-0.2, 0) is 13.1 Å². The number of fused-ring (bicyclic) bond motifs is 1. The van der Waals surface area contributed by atoms with Crippen LogP contribution in [0.2, 0.25) is 0 Å². The minimum absolute atomic E-state index is 0.162. The monoisotopic (exact) mass is 314 g/mol. The van der Waals surface area contributed by atoms with Gasteiger partial charge in [0.15, 0.2) is 5.82 Å². The fourth-order valence-corrected chi connectivity index (χ4v) is 2.41. The highest BCUT2D eigenvalue weighted by Crippen LogP contribution is 2.13. The molecule has 0 spiro atoms. The van der Waals surface area contributed by atoms with Crippen LogP contribution >= 0.6 is 0 Å². The normalized spacial score (nSPS) is 13.7. The van der Waals surface area contributed by atoms with Crippen molar-refractivity contribution in [3.05, 3.63) is 47.5 Å². The molecule has 2 amide bonds. The molecular formula is C16H18N4O3. The second kappa shape index (κ2) is 6.12. The molecule has 7 heteroatoms. The van der Waals surface area contributed by atoms with E-state index in [-0.39, 0.29) is 17.5 Å². The van der Waals surface area contributed by atoms with Crippen molar-refractivity contribution in [2.75, 3.05) is 20.7 Å². The maximum Gasteiger partial charge on any atom is 0.289 e.